The molecule has 0 aliphatic rings. The van der Waals surface area contributed by atoms with Crippen LogP contribution >= 0.6 is 0 Å². The Labute approximate surface area is 267 Å². The summed E-state index contributed by atoms with van der Waals surface area (Å²) >= 11 is 0. The molecule has 0 amide bonds. The van der Waals surface area contributed by atoms with Crippen LogP contribution in [0.5, 0.6) is 0 Å². The van der Waals surface area contributed by atoms with E-state index in [2.05, 4.69) is 113 Å². The van der Waals surface area contributed by atoms with Gasteiger partial charge >= 0.3 is 0 Å². The van der Waals surface area contributed by atoms with Crippen molar-refractivity contribution in [3.05, 3.63) is 96.3 Å². The summed E-state index contributed by atoms with van der Waals surface area (Å²) in [4.78, 5) is 16.2. The Morgan fingerprint density at radius 3 is 2.10 bits per heavy atom. The van der Waals surface area contributed by atoms with E-state index < -0.39 is 8.07 Å². The molecule has 0 spiro atoms. The van der Waals surface area contributed by atoms with Crippen molar-refractivity contribution in [3.8, 4) is 22.4 Å². The van der Waals surface area contributed by atoms with Gasteiger partial charge in [0, 0.05) is 38.0 Å². The number of rotatable bonds is 6. The van der Waals surface area contributed by atoms with Gasteiger partial charge in [-0.15, -0.1) is 35.4 Å². The summed E-state index contributed by atoms with van der Waals surface area (Å²) in [7, 11) is -1.39. The Balaban J connectivity index is 0.000000440. The van der Waals surface area contributed by atoms with Crippen LogP contribution in [0.3, 0.4) is 0 Å². The predicted molar refractivity (Wildman–Crippen MR) is 179 cm³/mol. The third kappa shape index (κ3) is 9.32. The molecule has 0 unspecified atom stereocenters. The van der Waals surface area contributed by atoms with Crippen molar-refractivity contribution in [2.75, 3.05) is 0 Å². The number of carbonyl (C=O) groups is 1. The molecular weight excluding hydrogens is 711 g/mol. The van der Waals surface area contributed by atoms with E-state index >= 15 is 0 Å². The average molecular weight is 757 g/mol. The van der Waals surface area contributed by atoms with E-state index in [1.54, 1.807) is 0 Å². The number of aliphatic hydroxyl groups excluding tert-OH is 1. The number of ketones is 1. The fourth-order valence-corrected chi connectivity index (χ4v) is 5.41. The van der Waals surface area contributed by atoms with Crippen molar-refractivity contribution in [2.45, 2.75) is 73.5 Å². The number of aliphatic hydroxyl groups is 1. The predicted octanol–water partition coefficient (Wildman–Crippen LogP) is 9.52. The number of hydrogen-bond donors (Lipinski definition) is 1. The van der Waals surface area contributed by atoms with E-state index in [-0.39, 0.29) is 48.9 Å². The zero-order valence-corrected chi connectivity index (χ0v) is 30.2. The van der Waals surface area contributed by atoms with Crippen molar-refractivity contribution < 1.29 is 30.0 Å². The van der Waals surface area contributed by atoms with Crippen molar-refractivity contribution in [2.24, 2.45) is 11.8 Å². The molecule has 0 aliphatic heterocycles. The third-order valence-electron chi connectivity index (χ3n) is 7.14. The molecule has 0 saturated heterocycles. The molecule has 0 aliphatic carbocycles. The Morgan fingerprint density at radius 2 is 1.55 bits per heavy atom. The summed E-state index contributed by atoms with van der Waals surface area (Å²) in [6.07, 6.45) is 1.31. The van der Waals surface area contributed by atoms with E-state index in [0.717, 1.165) is 22.3 Å². The Kier molecular flexibility index (Phi) is 12.2. The number of hydrogen-bond acceptors (Lipinski definition) is 3. The van der Waals surface area contributed by atoms with Gasteiger partial charge in [-0.2, -0.15) is 0 Å². The largest absolute Gasteiger partial charge is 0.512 e. The summed E-state index contributed by atoms with van der Waals surface area (Å²) in [6.45, 7) is 21.2. The van der Waals surface area contributed by atoms with Crippen LogP contribution in [0.25, 0.3) is 33.3 Å². The summed E-state index contributed by atoms with van der Waals surface area (Å²) in [6, 6.07) is 29.6. The van der Waals surface area contributed by atoms with Crippen LogP contribution in [0.15, 0.2) is 84.6 Å². The maximum absolute atomic E-state index is 11.0. The first-order valence-electron chi connectivity index (χ1n) is 14.6. The van der Waals surface area contributed by atoms with E-state index in [1.165, 1.54) is 27.8 Å². The molecule has 0 fully saturated rings. The standard InChI is InChI=1S/C28H30NSi.C9H16O2.Ir/c1-28(2,3)23-14-10-13-21(17-23)27-25(20-11-8-7-9-12-20)19-22-18-24(30(4,5)6)15-16-26(22)29-27;1-6(2)8(10)5-9(11)7(3)4;/h7-12,14-19H,1-6H3;5-7,10H,1-4H3;/q-1;;/b;8-5-;. The second-order valence-electron chi connectivity index (χ2n) is 13.4. The van der Waals surface area contributed by atoms with Gasteiger partial charge in [0.05, 0.1) is 19.3 Å². The Morgan fingerprint density at radius 1 is 0.905 bits per heavy atom. The minimum atomic E-state index is -1.39. The van der Waals surface area contributed by atoms with Crippen LogP contribution in [0.1, 0.15) is 54.0 Å². The van der Waals surface area contributed by atoms with Gasteiger partial charge in [-0.05, 0) is 33.7 Å². The van der Waals surface area contributed by atoms with Crippen molar-refractivity contribution in [1.82, 2.24) is 4.98 Å². The SMILES string of the molecule is CC(C)(C)c1cc[c-]c(-c2nc3ccc([Si](C)(C)C)cc3cc2-c2ccccc2)c1.CC(C)C(=O)/C=C(\O)C(C)C.[Ir]. The van der Waals surface area contributed by atoms with Crippen LogP contribution in [0.4, 0.5) is 0 Å². The van der Waals surface area contributed by atoms with Crippen LogP contribution in [-0.2, 0) is 30.3 Å². The second-order valence-corrected chi connectivity index (χ2v) is 18.5. The normalized spacial score (nSPS) is 12.1. The number of nitrogens with zero attached hydrogens (tertiary/aromatic N) is 1. The Bertz CT molecular complexity index is 1530. The number of allylic oxidation sites excluding steroid dienone is 2. The fraction of sp³-hybridized carbons (Fsp3) is 0.351. The second kappa shape index (κ2) is 14.6. The van der Waals surface area contributed by atoms with Crippen LogP contribution < -0.4 is 5.19 Å². The topological polar surface area (TPSA) is 50.2 Å². The van der Waals surface area contributed by atoms with Crippen LogP contribution in [0.2, 0.25) is 19.6 Å². The molecule has 4 aromatic rings. The molecule has 42 heavy (non-hydrogen) atoms. The number of carbonyl (C=O) groups excluding carboxylic acids is 1. The molecule has 0 saturated carbocycles. The van der Waals surface area contributed by atoms with Gasteiger partial charge in [0.1, 0.15) is 0 Å². The van der Waals surface area contributed by atoms with E-state index in [1.807, 2.05) is 33.8 Å². The summed E-state index contributed by atoms with van der Waals surface area (Å²) in [5.41, 5.74) is 6.83. The van der Waals surface area contributed by atoms with Crippen molar-refractivity contribution in [3.63, 3.8) is 0 Å². The first-order valence-corrected chi connectivity index (χ1v) is 18.1. The monoisotopic (exact) mass is 757 g/mol. The van der Waals surface area contributed by atoms with Gasteiger partial charge in [-0.3, -0.25) is 9.78 Å². The first-order chi connectivity index (χ1) is 19.1. The van der Waals surface area contributed by atoms with Crippen LogP contribution in [-0.4, -0.2) is 23.9 Å². The molecule has 5 heteroatoms. The Hall–Kier alpha value is -2.85. The molecule has 0 atom stereocenters. The molecule has 4 rings (SSSR count). The van der Waals surface area contributed by atoms with E-state index in [0.29, 0.717) is 0 Å². The molecular formula is C37H46IrNO2Si-. The summed E-state index contributed by atoms with van der Waals surface area (Å²) < 4.78 is 0. The maximum atomic E-state index is 11.0. The molecule has 1 N–H and O–H groups in total. The molecule has 3 aromatic carbocycles. The zero-order chi connectivity index (χ0) is 30.5. The van der Waals surface area contributed by atoms with Gasteiger partial charge in [0.2, 0.25) is 0 Å². The number of aromatic nitrogens is 1. The van der Waals surface area contributed by atoms with Gasteiger partial charge in [0.25, 0.3) is 0 Å². The van der Waals surface area contributed by atoms with Crippen molar-refractivity contribution in [1.29, 1.82) is 0 Å². The van der Waals surface area contributed by atoms with Gasteiger partial charge in [0.15, 0.2) is 5.78 Å². The fourth-order valence-electron chi connectivity index (χ4n) is 4.23. The zero-order valence-electron chi connectivity index (χ0n) is 26.8. The quantitative estimate of drug-likeness (QED) is 0.0924. The number of fused-ring (bicyclic) bond motifs is 1. The minimum absolute atomic E-state index is 0. The van der Waals surface area contributed by atoms with Gasteiger partial charge in [-0.25, -0.2) is 0 Å². The maximum Gasteiger partial charge on any atom is 0.161 e. The minimum Gasteiger partial charge on any atom is -0.512 e. The molecule has 0 bridgehead atoms. The van der Waals surface area contributed by atoms with Gasteiger partial charge < -0.3 is 5.11 Å². The molecule has 3 nitrogen and oxygen atoms in total. The van der Waals surface area contributed by atoms with Crippen LogP contribution in [0, 0.1) is 17.9 Å². The summed E-state index contributed by atoms with van der Waals surface area (Å²) in [5, 5.41) is 11.9. The van der Waals surface area contributed by atoms with Gasteiger partial charge in [-0.1, -0.05) is 122 Å². The summed E-state index contributed by atoms with van der Waals surface area (Å²) in [5.74, 6) is 0.161. The molecule has 1 aromatic heterocycles. The van der Waals surface area contributed by atoms with E-state index in [4.69, 9.17) is 4.98 Å². The molecule has 1 radical (unpaired) electrons. The smallest absolute Gasteiger partial charge is 0.161 e. The number of pyridine rings is 1. The number of benzene rings is 3. The van der Waals surface area contributed by atoms with Crippen molar-refractivity contribution >= 4 is 29.9 Å². The molecule has 225 valence electrons. The van der Waals surface area contributed by atoms with E-state index in [9.17, 15) is 9.90 Å². The first kappa shape index (κ1) is 35.3. The third-order valence-corrected chi connectivity index (χ3v) is 9.18. The average Bonchev–Trinajstić information content (AvgIpc) is 2.91. The molecule has 1 heterocycles.